The molecule has 0 aliphatic rings. The number of fused-ring (bicyclic) bond motifs is 1. The van der Waals surface area contributed by atoms with Crippen molar-refractivity contribution in [3.63, 3.8) is 0 Å². The van der Waals surface area contributed by atoms with Crippen molar-refractivity contribution in [2.75, 3.05) is 5.32 Å². The lowest BCUT2D eigenvalue weighted by Crippen LogP contribution is -2.15. The zero-order chi connectivity index (χ0) is 15.5. The molecule has 112 valence electrons. The van der Waals surface area contributed by atoms with E-state index in [9.17, 15) is 9.18 Å². The van der Waals surface area contributed by atoms with Crippen LogP contribution in [0.4, 0.5) is 10.2 Å². The van der Waals surface area contributed by atoms with Gasteiger partial charge in [0.25, 0.3) is 0 Å². The van der Waals surface area contributed by atoms with Crippen LogP contribution in [0.25, 0.3) is 10.9 Å². The lowest BCUT2D eigenvalue weighted by atomic mass is 10.2. The molecule has 3 rings (SSSR count). The van der Waals surface area contributed by atoms with Crippen molar-refractivity contribution in [2.24, 2.45) is 0 Å². The predicted octanol–water partition coefficient (Wildman–Crippen LogP) is 3.97. The molecule has 1 aromatic carbocycles. The van der Waals surface area contributed by atoms with E-state index in [-0.39, 0.29) is 5.91 Å². The third-order valence-electron chi connectivity index (χ3n) is 3.33. The third kappa shape index (κ3) is 3.17. The first-order valence-electron chi connectivity index (χ1n) is 6.78. The van der Waals surface area contributed by atoms with Gasteiger partial charge in [0.05, 0.1) is 10.7 Å². The van der Waals surface area contributed by atoms with Gasteiger partial charge in [0.15, 0.2) is 0 Å². The number of anilines is 1. The number of hydrogen-bond donors (Lipinski definition) is 1. The Balaban J connectivity index is 1.65. The second kappa shape index (κ2) is 6.27. The van der Waals surface area contributed by atoms with Crippen LogP contribution >= 0.6 is 15.9 Å². The first-order valence-corrected chi connectivity index (χ1v) is 7.57. The number of nitrogens with zero attached hydrogens (tertiary/aromatic N) is 2. The van der Waals surface area contributed by atoms with E-state index in [1.807, 2.05) is 41.1 Å². The average molecular weight is 362 g/mol. The summed E-state index contributed by atoms with van der Waals surface area (Å²) in [6, 6.07) is 11.3. The molecule has 2 aromatic heterocycles. The van der Waals surface area contributed by atoms with Gasteiger partial charge in [-0.05, 0) is 39.5 Å². The molecule has 0 saturated carbocycles. The van der Waals surface area contributed by atoms with Gasteiger partial charge in [-0.2, -0.15) is 0 Å². The van der Waals surface area contributed by atoms with E-state index >= 15 is 0 Å². The van der Waals surface area contributed by atoms with Gasteiger partial charge >= 0.3 is 0 Å². The molecule has 0 bridgehead atoms. The Kier molecular flexibility index (Phi) is 4.20. The van der Waals surface area contributed by atoms with Gasteiger partial charge in [-0.3, -0.25) is 4.79 Å². The summed E-state index contributed by atoms with van der Waals surface area (Å²) < 4.78 is 15.4. The van der Waals surface area contributed by atoms with Gasteiger partial charge in [-0.25, -0.2) is 9.37 Å². The number of aryl methyl sites for hydroxylation is 1. The summed E-state index contributed by atoms with van der Waals surface area (Å²) in [5.74, 6) is -0.301. The molecule has 0 radical (unpaired) electrons. The highest BCUT2D eigenvalue weighted by molar-refractivity contribution is 9.10. The van der Waals surface area contributed by atoms with Gasteiger partial charge in [0, 0.05) is 24.7 Å². The van der Waals surface area contributed by atoms with Crippen LogP contribution in [0, 0.1) is 5.82 Å². The number of carbonyl (C=O) groups is 1. The van der Waals surface area contributed by atoms with Crippen molar-refractivity contribution in [3.05, 3.63) is 59.1 Å². The molecule has 2 heterocycles. The summed E-state index contributed by atoms with van der Waals surface area (Å²) >= 11 is 3.18. The zero-order valence-electron chi connectivity index (χ0n) is 11.6. The van der Waals surface area contributed by atoms with Gasteiger partial charge in [0.2, 0.25) is 5.91 Å². The van der Waals surface area contributed by atoms with E-state index in [4.69, 9.17) is 0 Å². The van der Waals surface area contributed by atoms with Crippen LogP contribution in [0.2, 0.25) is 0 Å². The molecular formula is C16H13BrFN3O. The molecule has 3 aromatic rings. The van der Waals surface area contributed by atoms with Crippen LogP contribution in [-0.4, -0.2) is 15.5 Å². The van der Waals surface area contributed by atoms with Gasteiger partial charge in [-0.15, -0.1) is 0 Å². The van der Waals surface area contributed by atoms with Crippen LogP contribution in [0.1, 0.15) is 6.42 Å². The minimum Gasteiger partial charge on any atom is -0.347 e. The van der Waals surface area contributed by atoms with Crippen molar-refractivity contribution in [1.82, 2.24) is 9.55 Å². The van der Waals surface area contributed by atoms with Crippen molar-refractivity contribution in [2.45, 2.75) is 13.0 Å². The Morgan fingerprint density at radius 2 is 2.14 bits per heavy atom. The smallest absolute Gasteiger partial charge is 0.227 e. The fraction of sp³-hybridized carbons (Fsp3) is 0.125. The highest BCUT2D eigenvalue weighted by Crippen LogP contribution is 2.20. The number of amides is 1. The van der Waals surface area contributed by atoms with Crippen LogP contribution < -0.4 is 5.32 Å². The molecule has 4 nitrogen and oxygen atoms in total. The van der Waals surface area contributed by atoms with Crippen LogP contribution in [0.3, 0.4) is 0 Å². The number of carbonyl (C=O) groups excluding carboxylic acids is 1. The standard InChI is InChI=1S/C16H13BrFN3O/c17-13-9-12(18)10-19-16(13)20-15(22)6-8-21-7-5-11-3-1-2-4-14(11)21/h1-5,7,9-10H,6,8H2,(H,19,20,22). The molecule has 1 amide bonds. The lowest BCUT2D eigenvalue weighted by Gasteiger charge is -2.08. The number of para-hydroxylation sites is 1. The normalized spacial score (nSPS) is 10.8. The van der Waals surface area contributed by atoms with Crippen molar-refractivity contribution in [3.8, 4) is 0 Å². The highest BCUT2D eigenvalue weighted by Gasteiger charge is 2.09. The summed E-state index contributed by atoms with van der Waals surface area (Å²) in [6.07, 6.45) is 3.34. The van der Waals surface area contributed by atoms with E-state index < -0.39 is 5.82 Å². The Morgan fingerprint density at radius 3 is 2.95 bits per heavy atom. The summed E-state index contributed by atoms with van der Waals surface area (Å²) in [4.78, 5) is 15.9. The maximum atomic E-state index is 13.0. The summed E-state index contributed by atoms with van der Waals surface area (Å²) in [7, 11) is 0. The quantitative estimate of drug-likeness (QED) is 0.764. The minimum atomic E-state index is -0.455. The van der Waals surface area contributed by atoms with Crippen molar-refractivity contribution in [1.29, 1.82) is 0 Å². The summed E-state index contributed by atoms with van der Waals surface area (Å²) in [5, 5.41) is 3.82. The molecule has 1 N–H and O–H groups in total. The fourth-order valence-electron chi connectivity index (χ4n) is 2.26. The number of aromatic nitrogens is 2. The van der Waals surface area contributed by atoms with E-state index in [0.717, 1.165) is 17.1 Å². The number of halogens is 2. The Labute approximate surface area is 135 Å². The zero-order valence-corrected chi connectivity index (χ0v) is 13.2. The predicted molar refractivity (Wildman–Crippen MR) is 87.1 cm³/mol. The van der Waals surface area contributed by atoms with E-state index in [1.165, 1.54) is 6.07 Å². The topological polar surface area (TPSA) is 46.9 Å². The Hall–Kier alpha value is -2.21. The number of rotatable bonds is 4. The molecule has 0 spiro atoms. The minimum absolute atomic E-state index is 0.169. The second-order valence-electron chi connectivity index (χ2n) is 4.85. The molecule has 0 unspecified atom stereocenters. The molecule has 0 atom stereocenters. The molecule has 22 heavy (non-hydrogen) atoms. The molecule has 0 aliphatic carbocycles. The Morgan fingerprint density at radius 1 is 1.32 bits per heavy atom. The molecular weight excluding hydrogens is 349 g/mol. The first-order chi connectivity index (χ1) is 10.6. The molecule has 0 saturated heterocycles. The Bertz CT molecular complexity index is 831. The van der Waals surface area contributed by atoms with Gasteiger partial charge < -0.3 is 9.88 Å². The monoisotopic (exact) mass is 361 g/mol. The highest BCUT2D eigenvalue weighted by atomic mass is 79.9. The van der Waals surface area contributed by atoms with E-state index in [0.29, 0.717) is 23.3 Å². The summed E-state index contributed by atoms with van der Waals surface area (Å²) in [6.45, 7) is 0.568. The average Bonchev–Trinajstić information content (AvgIpc) is 2.91. The number of benzene rings is 1. The van der Waals surface area contributed by atoms with Gasteiger partial charge in [-0.1, -0.05) is 18.2 Å². The van der Waals surface area contributed by atoms with Crippen molar-refractivity contribution < 1.29 is 9.18 Å². The number of nitrogens with one attached hydrogen (secondary N) is 1. The van der Waals surface area contributed by atoms with E-state index in [2.05, 4.69) is 26.2 Å². The molecule has 6 heteroatoms. The van der Waals surface area contributed by atoms with Crippen LogP contribution in [-0.2, 0) is 11.3 Å². The maximum Gasteiger partial charge on any atom is 0.227 e. The number of pyridine rings is 1. The first kappa shape index (κ1) is 14.7. The largest absolute Gasteiger partial charge is 0.347 e. The van der Waals surface area contributed by atoms with E-state index in [1.54, 1.807) is 0 Å². The lowest BCUT2D eigenvalue weighted by molar-refractivity contribution is -0.116. The fourth-order valence-corrected chi connectivity index (χ4v) is 2.68. The SMILES string of the molecule is O=C(CCn1ccc2ccccc21)Nc1ncc(F)cc1Br. The van der Waals surface area contributed by atoms with Crippen LogP contribution in [0.5, 0.6) is 0 Å². The van der Waals surface area contributed by atoms with Crippen molar-refractivity contribution >= 4 is 38.6 Å². The maximum absolute atomic E-state index is 13.0. The second-order valence-corrected chi connectivity index (χ2v) is 5.70. The molecule has 0 fully saturated rings. The molecule has 0 aliphatic heterocycles. The van der Waals surface area contributed by atoms with Gasteiger partial charge in [0.1, 0.15) is 11.6 Å². The third-order valence-corrected chi connectivity index (χ3v) is 3.93. The van der Waals surface area contributed by atoms with Crippen LogP contribution in [0.15, 0.2) is 53.3 Å². The number of hydrogen-bond acceptors (Lipinski definition) is 2. The summed E-state index contributed by atoms with van der Waals surface area (Å²) in [5.41, 5.74) is 1.09.